The van der Waals surface area contributed by atoms with Gasteiger partial charge in [-0.1, -0.05) is 42.8 Å². The molecule has 168 valence electrons. The normalized spacial score (nSPS) is 19.3. The van der Waals surface area contributed by atoms with E-state index in [0.29, 0.717) is 6.54 Å². The molecule has 1 saturated heterocycles. The van der Waals surface area contributed by atoms with Crippen LogP contribution in [-0.4, -0.2) is 36.2 Å². The largest absolute Gasteiger partial charge is 0.497 e. The number of carbonyl (C=O) groups is 1. The maximum absolute atomic E-state index is 13.6. The molecule has 4 rings (SSSR count). The zero-order valence-corrected chi connectivity index (χ0v) is 20.9. The molecule has 2 aromatic carbocycles. The first-order chi connectivity index (χ1) is 15.5. The average Bonchev–Trinajstić information content (AvgIpc) is 3.30. The first kappa shape index (κ1) is 22.8. The second kappa shape index (κ2) is 9.63. The van der Waals surface area contributed by atoms with E-state index < -0.39 is 0 Å². The molecule has 1 amide bonds. The van der Waals surface area contributed by atoms with E-state index >= 15 is 0 Å². The Kier molecular flexibility index (Phi) is 6.86. The third-order valence-electron chi connectivity index (χ3n) is 5.59. The van der Waals surface area contributed by atoms with Gasteiger partial charge < -0.3 is 9.64 Å². The van der Waals surface area contributed by atoms with Crippen molar-refractivity contribution in [2.75, 3.05) is 25.1 Å². The number of methoxy groups -OCH3 is 1. The number of anilines is 1. The quantitative estimate of drug-likeness (QED) is 0.455. The molecular formula is C25H29N3O2S2. The minimum Gasteiger partial charge on any atom is -0.497 e. The number of aliphatic imine (C=N–C) groups is 1. The van der Waals surface area contributed by atoms with E-state index in [0.717, 1.165) is 62.1 Å². The number of amidine groups is 1. The van der Waals surface area contributed by atoms with E-state index in [-0.39, 0.29) is 5.91 Å². The van der Waals surface area contributed by atoms with Crippen molar-refractivity contribution in [3.63, 3.8) is 0 Å². The lowest BCUT2D eigenvalue weighted by atomic mass is 10.1. The molecule has 2 aromatic rings. The summed E-state index contributed by atoms with van der Waals surface area (Å²) in [5.74, 6) is 0.869. The van der Waals surface area contributed by atoms with Crippen LogP contribution in [-0.2, 0) is 4.79 Å². The highest BCUT2D eigenvalue weighted by Crippen LogP contribution is 2.51. The summed E-state index contributed by atoms with van der Waals surface area (Å²) >= 11 is 3.15. The maximum Gasteiger partial charge on any atom is 0.269 e. The standard InChI is InChI=1S/C25H29N3O2S2/c1-6-8-13-28-23(29)22(32-25(28)26-19-11-9-16(3)14-17(19)4)24-27(7-2)20-15-18(30-5)10-12-21(20)31-24/h9-12,14-15H,6-8,13H2,1-5H3/b24-22-,26-25?. The van der Waals surface area contributed by atoms with Crippen molar-refractivity contribution in [3.05, 3.63) is 57.5 Å². The number of hydrogen-bond donors (Lipinski definition) is 0. The van der Waals surface area contributed by atoms with E-state index in [2.05, 4.69) is 50.8 Å². The molecule has 0 saturated carbocycles. The number of fused-ring (bicyclic) bond motifs is 1. The summed E-state index contributed by atoms with van der Waals surface area (Å²) in [4.78, 5) is 24.5. The van der Waals surface area contributed by atoms with Gasteiger partial charge in [-0.05, 0) is 62.7 Å². The Balaban J connectivity index is 1.75. The van der Waals surface area contributed by atoms with Gasteiger partial charge in [0, 0.05) is 24.1 Å². The average molecular weight is 468 g/mol. The summed E-state index contributed by atoms with van der Waals surface area (Å²) in [7, 11) is 1.68. The Morgan fingerprint density at radius 1 is 1.03 bits per heavy atom. The van der Waals surface area contributed by atoms with Gasteiger partial charge in [0.2, 0.25) is 0 Å². The molecule has 0 bridgehead atoms. The van der Waals surface area contributed by atoms with Crippen molar-refractivity contribution in [2.45, 2.75) is 45.4 Å². The molecule has 0 unspecified atom stereocenters. The lowest BCUT2D eigenvalue weighted by molar-refractivity contribution is -0.122. The summed E-state index contributed by atoms with van der Waals surface area (Å²) in [5.41, 5.74) is 4.33. The number of benzene rings is 2. The number of ether oxygens (including phenoxy) is 1. The third kappa shape index (κ3) is 4.28. The Bertz CT molecular complexity index is 1110. The number of nitrogens with zero attached hydrogens (tertiary/aromatic N) is 3. The predicted molar refractivity (Wildman–Crippen MR) is 136 cm³/mol. The van der Waals surface area contributed by atoms with Gasteiger partial charge in [0.05, 0.1) is 18.5 Å². The Morgan fingerprint density at radius 3 is 2.53 bits per heavy atom. The number of aryl methyl sites for hydroxylation is 2. The van der Waals surface area contributed by atoms with E-state index in [9.17, 15) is 4.79 Å². The van der Waals surface area contributed by atoms with Crippen molar-refractivity contribution in [1.82, 2.24) is 4.90 Å². The van der Waals surface area contributed by atoms with Crippen LogP contribution >= 0.6 is 23.5 Å². The monoisotopic (exact) mass is 467 g/mol. The van der Waals surface area contributed by atoms with Gasteiger partial charge in [0.15, 0.2) is 5.17 Å². The molecule has 7 heteroatoms. The van der Waals surface area contributed by atoms with E-state index in [1.165, 1.54) is 17.3 Å². The second-order valence-electron chi connectivity index (χ2n) is 7.91. The van der Waals surface area contributed by atoms with E-state index in [1.807, 2.05) is 23.1 Å². The highest BCUT2D eigenvalue weighted by molar-refractivity contribution is 8.19. The Labute approximate surface area is 198 Å². The molecule has 0 radical (unpaired) electrons. The van der Waals surface area contributed by atoms with E-state index in [1.54, 1.807) is 18.9 Å². The minimum absolute atomic E-state index is 0.0488. The van der Waals surface area contributed by atoms with Crippen molar-refractivity contribution in [3.8, 4) is 5.75 Å². The molecule has 2 aliphatic heterocycles. The van der Waals surface area contributed by atoms with Crippen LogP contribution in [0.2, 0.25) is 0 Å². The van der Waals surface area contributed by atoms with Gasteiger partial charge in [-0.3, -0.25) is 9.69 Å². The number of hydrogen-bond acceptors (Lipinski definition) is 6. The molecule has 0 atom stereocenters. The molecule has 0 aromatic heterocycles. The molecule has 2 heterocycles. The first-order valence-electron chi connectivity index (χ1n) is 11.0. The minimum atomic E-state index is 0.0488. The van der Waals surface area contributed by atoms with Gasteiger partial charge in [0.1, 0.15) is 15.7 Å². The Hall–Kier alpha value is -2.38. The fourth-order valence-corrected chi connectivity index (χ4v) is 6.23. The number of thioether (sulfide) groups is 2. The maximum atomic E-state index is 13.6. The molecule has 0 aliphatic carbocycles. The SMILES string of the molecule is CCCCN1C(=O)/C(=C2/Sc3ccc(OC)cc3N2CC)SC1=Nc1ccc(C)cc1C. The number of amides is 1. The molecule has 0 N–H and O–H groups in total. The van der Waals surface area contributed by atoms with Crippen LogP contribution < -0.4 is 9.64 Å². The summed E-state index contributed by atoms with van der Waals surface area (Å²) < 4.78 is 5.43. The molecular weight excluding hydrogens is 438 g/mol. The van der Waals surface area contributed by atoms with Crippen LogP contribution in [0.15, 0.2) is 56.2 Å². The second-order valence-corrected chi connectivity index (χ2v) is 9.92. The van der Waals surface area contributed by atoms with E-state index in [4.69, 9.17) is 9.73 Å². The van der Waals surface area contributed by atoms with Crippen LogP contribution in [0.3, 0.4) is 0 Å². The first-order valence-corrected chi connectivity index (χ1v) is 12.6. The van der Waals surface area contributed by atoms with Gasteiger partial charge in [-0.2, -0.15) is 0 Å². The highest BCUT2D eigenvalue weighted by atomic mass is 32.2. The molecule has 0 spiro atoms. The van der Waals surface area contributed by atoms with Crippen molar-refractivity contribution in [1.29, 1.82) is 0 Å². The van der Waals surface area contributed by atoms with Crippen molar-refractivity contribution < 1.29 is 9.53 Å². The number of rotatable bonds is 6. The lowest BCUT2D eigenvalue weighted by Gasteiger charge is -2.19. The lowest BCUT2D eigenvalue weighted by Crippen LogP contribution is -2.30. The zero-order valence-electron chi connectivity index (χ0n) is 19.3. The van der Waals surface area contributed by atoms with Crippen LogP contribution in [0.4, 0.5) is 11.4 Å². The van der Waals surface area contributed by atoms with Gasteiger partial charge >= 0.3 is 0 Å². The van der Waals surface area contributed by atoms with Gasteiger partial charge in [-0.25, -0.2) is 4.99 Å². The van der Waals surface area contributed by atoms with Crippen LogP contribution in [0.5, 0.6) is 5.75 Å². The molecule has 32 heavy (non-hydrogen) atoms. The number of unbranched alkanes of at least 4 members (excludes halogenated alkanes) is 1. The van der Waals surface area contributed by atoms with Crippen LogP contribution in [0, 0.1) is 13.8 Å². The van der Waals surface area contributed by atoms with Crippen molar-refractivity contribution in [2.24, 2.45) is 4.99 Å². The summed E-state index contributed by atoms with van der Waals surface area (Å²) in [6.45, 7) is 9.86. The van der Waals surface area contributed by atoms with Gasteiger partial charge in [0.25, 0.3) is 5.91 Å². The fraction of sp³-hybridized carbons (Fsp3) is 0.360. The summed E-state index contributed by atoms with van der Waals surface area (Å²) in [6, 6.07) is 12.3. The topological polar surface area (TPSA) is 45.1 Å². The molecule has 1 fully saturated rings. The predicted octanol–water partition coefficient (Wildman–Crippen LogP) is 6.48. The Morgan fingerprint density at radius 2 is 1.84 bits per heavy atom. The molecule has 5 nitrogen and oxygen atoms in total. The van der Waals surface area contributed by atoms with Crippen LogP contribution in [0.1, 0.15) is 37.8 Å². The van der Waals surface area contributed by atoms with Crippen molar-refractivity contribution >= 4 is 46.0 Å². The zero-order chi connectivity index (χ0) is 22.8. The summed E-state index contributed by atoms with van der Waals surface area (Å²) in [6.07, 6.45) is 1.97. The smallest absolute Gasteiger partial charge is 0.269 e. The highest BCUT2D eigenvalue weighted by Gasteiger charge is 2.39. The molecule has 2 aliphatic rings. The number of carbonyl (C=O) groups excluding carboxylic acids is 1. The summed E-state index contributed by atoms with van der Waals surface area (Å²) in [5, 5.41) is 1.75. The van der Waals surface area contributed by atoms with Crippen LogP contribution in [0.25, 0.3) is 0 Å². The fourth-order valence-electron chi connectivity index (χ4n) is 3.84. The third-order valence-corrected chi connectivity index (χ3v) is 7.97. The van der Waals surface area contributed by atoms with Gasteiger partial charge in [-0.15, -0.1) is 0 Å².